The van der Waals surface area contributed by atoms with Gasteiger partial charge in [-0.1, -0.05) is 18.7 Å². The van der Waals surface area contributed by atoms with Gasteiger partial charge in [0, 0.05) is 12.3 Å². The van der Waals surface area contributed by atoms with Crippen molar-refractivity contribution in [3.63, 3.8) is 0 Å². The SMILES string of the molecule is CCC(CCN)Sc1nnc(C)n1C. The molecule has 1 aromatic heterocycles. The van der Waals surface area contributed by atoms with Crippen molar-refractivity contribution in [1.82, 2.24) is 14.8 Å². The Bertz CT molecular complexity index is 284. The fourth-order valence-electron chi connectivity index (χ4n) is 1.17. The maximum atomic E-state index is 5.55. The van der Waals surface area contributed by atoms with Crippen molar-refractivity contribution in [2.45, 2.75) is 37.1 Å². The minimum Gasteiger partial charge on any atom is -0.330 e. The third kappa shape index (κ3) is 2.72. The fraction of sp³-hybridized carbons (Fsp3) is 0.778. The van der Waals surface area contributed by atoms with Crippen LogP contribution in [0.1, 0.15) is 25.6 Å². The molecule has 0 amide bonds. The molecular weight excluding hydrogens is 196 g/mol. The molecule has 0 bridgehead atoms. The van der Waals surface area contributed by atoms with E-state index in [4.69, 9.17) is 5.73 Å². The van der Waals surface area contributed by atoms with Crippen molar-refractivity contribution in [2.24, 2.45) is 12.8 Å². The number of aryl methyl sites for hydroxylation is 1. The van der Waals surface area contributed by atoms with Crippen molar-refractivity contribution in [1.29, 1.82) is 0 Å². The maximum Gasteiger partial charge on any atom is 0.191 e. The van der Waals surface area contributed by atoms with Crippen molar-refractivity contribution in [3.05, 3.63) is 5.82 Å². The van der Waals surface area contributed by atoms with E-state index in [1.165, 1.54) is 0 Å². The Morgan fingerprint density at radius 3 is 2.64 bits per heavy atom. The Kier molecular flexibility index (Phi) is 4.41. The molecule has 0 spiro atoms. The van der Waals surface area contributed by atoms with E-state index in [9.17, 15) is 0 Å². The summed E-state index contributed by atoms with van der Waals surface area (Å²) in [5, 5.41) is 9.69. The zero-order chi connectivity index (χ0) is 10.6. The van der Waals surface area contributed by atoms with E-state index in [2.05, 4.69) is 17.1 Å². The van der Waals surface area contributed by atoms with E-state index in [0.717, 1.165) is 30.4 Å². The summed E-state index contributed by atoms with van der Waals surface area (Å²) < 4.78 is 2.02. The lowest BCUT2D eigenvalue weighted by atomic mass is 10.2. The zero-order valence-corrected chi connectivity index (χ0v) is 9.84. The molecule has 2 N–H and O–H groups in total. The Hall–Kier alpha value is -0.550. The van der Waals surface area contributed by atoms with E-state index >= 15 is 0 Å². The first kappa shape index (κ1) is 11.5. The molecule has 0 aliphatic rings. The molecule has 0 aliphatic carbocycles. The van der Waals surface area contributed by atoms with E-state index in [-0.39, 0.29) is 0 Å². The number of hydrogen-bond acceptors (Lipinski definition) is 4. The van der Waals surface area contributed by atoms with Gasteiger partial charge in [0.2, 0.25) is 0 Å². The van der Waals surface area contributed by atoms with Crippen molar-refractivity contribution < 1.29 is 0 Å². The Morgan fingerprint density at radius 1 is 1.50 bits per heavy atom. The summed E-state index contributed by atoms with van der Waals surface area (Å²) in [6, 6.07) is 0. The van der Waals surface area contributed by atoms with Crippen LogP contribution in [0.4, 0.5) is 0 Å². The van der Waals surface area contributed by atoms with Crippen LogP contribution in [0, 0.1) is 6.92 Å². The van der Waals surface area contributed by atoms with Gasteiger partial charge in [0.15, 0.2) is 5.16 Å². The number of nitrogens with zero attached hydrogens (tertiary/aromatic N) is 3. The third-order valence-electron chi connectivity index (χ3n) is 2.27. The molecular formula is C9H18N4S. The summed E-state index contributed by atoms with van der Waals surface area (Å²) in [7, 11) is 1.99. The highest BCUT2D eigenvalue weighted by Gasteiger charge is 2.12. The second-order valence-electron chi connectivity index (χ2n) is 3.31. The van der Waals surface area contributed by atoms with E-state index in [0.29, 0.717) is 5.25 Å². The second kappa shape index (κ2) is 5.36. The monoisotopic (exact) mass is 214 g/mol. The van der Waals surface area contributed by atoms with Gasteiger partial charge in [-0.05, 0) is 26.3 Å². The molecule has 0 radical (unpaired) electrons. The van der Waals surface area contributed by atoms with Crippen molar-refractivity contribution in [3.8, 4) is 0 Å². The zero-order valence-electron chi connectivity index (χ0n) is 9.03. The first-order chi connectivity index (χ1) is 6.69. The highest BCUT2D eigenvalue weighted by atomic mass is 32.2. The number of hydrogen-bond donors (Lipinski definition) is 1. The molecule has 1 atom stereocenters. The van der Waals surface area contributed by atoms with Gasteiger partial charge in [0.25, 0.3) is 0 Å². The highest BCUT2D eigenvalue weighted by molar-refractivity contribution is 7.99. The number of rotatable bonds is 5. The summed E-state index contributed by atoms with van der Waals surface area (Å²) in [4.78, 5) is 0. The molecule has 0 fully saturated rings. The lowest BCUT2D eigenvalue weighted by Crippen LogP contribution is -2.10. The van der Waals surface area contributed by atoms with Gasteiger partial charge in [-0.3, -0.25) is 0 Å². The molecule has 1 unspecified atom stereocenters. The van der Waals surface area contributed by atoms with Crippen LogP contribution in [0.3, 0.4) is 0 Å². The minimum absolute atomic E-state index is 0.558. The van der Waals surface area contributed by atoms with Crippen LogP contribution in [0.15, 0.2) is 5.16 Å². The topological polar surface area (TPSA) is 56.7 Å². The molecule has 80 valence electrons. The average molecular weight is 214 g/mol. The maximum absolute atomic E-state index is 5.55. The molecule has 1 heterocycles. The van der Waals surface area contributed by atoms with Gasteiger partial charge in [0.1, 0.15) is 5.82 Å². The molecule has 0 aromatic carbocycles. The van der Waals surface area contributed by atoms with Crippen LogP contribution >= 0.6 is 11.8 Å². The number of nitrogens with two attached hydrogens (primary N) is 1. The largest absolute Gasteiger partial charge is 0.330 e. The van der Waals surface area contributed by atoms with Gasteiger partial charge < -0.3 is 10.3 Å². The fourth-order valence-corrected chi connectivity index (χ4v) is 2.27. The second-order valence-corrected chi connectivity index (χ2v) is 4.58. The van der Waals surface area contributed by atoms with Crippen LogP contribution in [0.5, 0.6) is 0 Å². The Labute approximate surface area is 89.3 Å². The molecule has 5 heteroatoms. The first-order valence-electron chi connectivity index (χ1n) is 4.91. The highest BCUT2D eigenvalue weighted by Crippen LogP contribution is 2.25. The van der Waals surface area contributed by atoms with Crippen LogP contribution in [-0.2, 0) is 7.05 Å². The van der Waals surface area contributed by atoms with Gasteiger partial charge in [-0.15, -0.1) is 10.2 Å². The minimum atomic E-state index is 0.558. The van der Waals surface area contributed by atoms with Crippen LogP contribution in [0.25, 0.3) is 0 Å². The predicted molar refractivity (Wildman–Crippen MR) is 59.3 cm³/mol. The van der Waals surface area contributed by atoms with Gasteiger partial charge in [0.05, 0.1) is 0 Å². The standard InChI is InChI=1S/C9H18N4S/c1-4-8(5-6-10)14-9-12-11-7(2)13(9)3/h8H,4-6,10H2,1-3H3. The van der Waals surface area contributed by atoms with Gasteiger partial charge >= 0.3 is 0 Å². The smallest absolute Gasteiger partial charge is 0.191 e. The normalized spacial score (nSPS) is 13.1. The summed E-state index contributed by atoms with van der Waals surface area (Å²) in [6.45, 7) is 4.87. The van der Waals surface area contributed by atoms with E-state index < -0.39 is 0 Å². The first-order valence-corrected chi connectivity index (χ1v) is 5.79. The lowest BCUT2D eigenvalue weighted by molar-refractivity contribution is 0.723. The molecule has 14 heavy (non-hydrogen) atoms. The summed E-state index contributed by atoms with van der Waals surface area (Å²) in [5.74, 6) is 0.954. The van der Waals surface area contributed by atoms with Crippen molar-refractivity contribution in [2.75, 3.05) is 6.54 Å². The Balaban J connectivity index is 2.62. The predicted octanol–water partition coefficient (Wildman–Crippen LogP) is 1.34. The number of thioether (sulfide) groups is 1. The summed E-state index contributed by atoms with van der Waals surface area (Å²) in [5.41, 5.74) is 5.55. The lowest BCUT2D eigenvalue weighted by Gasteiger charge is -2.11. The summed E-state index contributed by atoms with van der Waals surface area (Å²) >= 11 is 1.77. The molecule has 1 rings (SSSR count). The molecule has 4 nitrogen and oxygen atoms in total. The van der Waals surface area contributed by atoms with E-state index in [1.54, 1.807) is 11.8 Å². The molecule has 0 aliphatic heterocycles. The molecule has 0 saturated heterocycles. The van der Waals surface area contributed by atoms with Gasteiger partial charge in [-0.25, -0.2) is 0 Å². The average Bonchev–Trinajstić information content (AvgIpc) is 2.49. The number of aromatic nitrogens is 3. The molecule has 0 saturated carbocycles. The quantitative estimate of drug-likeness (QED) is 0.752. The molecule has 1 aromatic rings. The Morgan fingerprint density at radius 2 is 2.21 bits per heavy atom. The van der Waals surface area contributed by atoms with E-state index in [1.807, 2.05) is 18.5 Å². The van der Waals surface area contributed by atoms with Crippen LogP contribution < -0.4 is 5.73 Å². The van der Waals surface area contributed by atoms with Gasteiger partial charge in [-0.2, -0.15) is 0 Å². The summed E-state index contributed by atoms with van der Waals surface area (Å²) in [6.07, 6.45) is 2.15. The van der Waals surface area contributed by atoms with Crippen LogP contribution in [-0.4, -0.2) is 26.6 Å². The van der Waals surface area contributed by atoms with Crippen LogP contribution in [0.2, 0.25) is 0 Å². The van der Waals surface area contributed by atoms with Crippen molar-refractivity contribution >= 4 is 11.8 Å². The third-order valence-corrected chi connectivity index (χ3v) is 3.74.